The predicted octanol–water partition coefficient (Wildman–Crippen LogP) is 4.45. The Morgan fingerprint density at radius 1 is 1.04 bits per heavy atom. The van der Waals surface area contributed by atoms with Gasteiger partial charge in [-0.2, -0.15) is 0 Å². The maximum absolute atomic E-state index is 5.56. The van der Waals surface area contributed by atoms with E-state index in [9.17, 15) is 0 Å². The van der Waals surface area contributed by atoms with Crippen molar-refractivity contribution in [2.45, 2.75) is 46.6 Å². The van der Waals surface area contributed by atoms with Gasteiger partial charge in [0.05, 0.1) is 36.7 Å². The summed E-state index contributed by atoms with van der Waals surface area (Å²) in [5.74, 6) is 0.920. The second-order valence-corrected chi connectivity index (χ2v) is 7.30. The summed E-state index contributed by atoms with van der Waals surface area (Å²) in [5, 5.41) is 0. The second kappa shape index (κ2) is 7.64. The number of ether oxygens (including phenoxy) is 2. The molecule has 0 radical (unpaired) electrons. The van der Waals surface area contributed by atoms with Crippen LogP contribution in [0.5, 0.6) is 5.88 Å². The molecule has 0 fully saturated rings. The lowest BCUT2D eigenvalue weighted by Crippen LogP contribution is -2.11. The van der Waals surface area contributed by atoms with Crippen molar-refractivity contribution >= 4 is 11.2 Å². The Morgan fingerprint density at radius 2 is 1.78 bits per heavy atom. The van der Waals surface area contributed by atoms with Crippen molar-refractivity contribution in [3.8, 4) is 17.1 Å². The molecule has 27 heavy (non-hydrogen) atoms. The van der Waals surface area contributed by atoms with Gasteiger partial charge in [-0.25, -0.2) is 15.0 Å². The summed E-state index contributed by atoms with van der Waals surface area (Å²) in [5.41, 5.74) is 6.39. The van der Waals surface area contributed by atoms with Crippen LogP contribution in [-0.2, 0) is 4.74 Å². The van der Waals surface area contributed by atoms with Crippen LogP contribution in [0.3, 0.4) is 0 Å². The van der Waals surface area contributed by atoms with Crippen molar-refractivity contribution in [1.82, 2.24) is 19.5 Å². The third-order valence-corrected chi connectivity index (χ3v) is 4.81. The van der Waals surface area contributed by atoms with Gasteiger partial charge in [-0.05, 0) is 44.4 Å². The zero-order valence-corrected chi connectivity index (χ0v) is 17.2. The summed E-state index contributed by atoms with van der Waals surface area (Å²) in [6, 6.07) is 4.25. The van der Waals surface area contributed by atoms with E-state index in [1.165, 1.54) is 0 Å². The average molecular weight is 368 g/mol. The summed E-state index contributed by atoms with van der Waals surface area (Å²) in [4.78, 5) is 14.5. The molecule has 0 aliphatic heterocycles. The molecule has 0 unspecified atom stereocenters. The maximum atomic E-state index is 5.56. The van der Waals surface area contributed by atoms with Crippen LogP contribution >= 0.6 is 0 Å². The third-order valence-electron chi connectivity index (χ3n) is 4.81. The number of methoxy groups -OCH3 is 2. The van der Waals surface area contributed by atoms with Crippen LogP contribution < -0.4 is 4.74 Å². The lowest BCUT2D eigenvalue weighted by Gasteiger charge is -2.15. The van der Waals surface area contributed by atoms with Crippen molar-refractivity contribution in [3.05, 3.63) is 35.3 Å². The van der Waals surface area contributed by atoms with E-state index in [2.05, 4.69) is 43.4 Å². The Hall–Kier alpha value is -2.47. The van der Waals surface area contributed by atoms with Crippen LogP contribution in [0.4, 0.5) is 0 Å². The molecule has 3 aromatic rings. The maximum Gasteiger partial charge on any atom is 0.222 e. The molecule has 0 saturated carbocycles. The molecule has 6 heteroatoms. The minimum Gasteiger partial charge on any atom is -0.480 e. The van der Waals surface area contributed by atoms with Gasteiger partial charge >= 0.3 is 0 Å². The molecule has 0 aliphatic carbocycles. The van der Waals surface area contributed by atoms with Crippen molar-refractivity contribution in [2.75, 3.05) is 20.8 Å². The molecule has 144 valence electrons. The molecule has 0 amide bonds. The van der Waals surface area contributed by atoms with Gasteiger partial charge in [0, 0.05) is 19.0 Å². The first-order valence-electron chi connectivity index (χ1n) is 9.27. The monoisotopic (exact) mass is 368 g/mol. The summed E-state index contributed by atoms with van der Waals surface area (Å²) in [6.07, 6.45) is 2.09. The number of rotatable bonds is 6. The Labute approximate surface area is 160 Å². The Bertz CT molecular complexity index is 962. The molecule has 3 rings (SSSR count). The summed E-state index contributed by atoms with van der Waals surface area (Å²) in [6.45, 7) is 11.0. The molecule has 6 nitrogen and oxygen atoms in total. The fraction of sp³-hybridized carbons (Fsp3) is 0.476. The third kappa shape index (κ3) is 3.54. The highest BCUT2D eigenvalue weighted by molar-refractivity contribution is 5.80. The zero-order valence-electron chi connectivity index (χ0n) is 17.2. The van der Waals surface area contributed by atoms with E-state index in [0.717, 1.165) is 39.4 Å². The highest BCUT2D eigenvalue weighted by Gasteiger charge is 2.19. The number of aromatic nitrogens is 4. The lowest BCUT2D eigenvalue weighted by atomic mass is 10.1. The zero-order chi connectivity index (χ0) is 19.7. The standard InChI is InChI=1S/C21H28N4O2/c1-12(2)17-9-8-16(21(23-17)27-7)19-15(5)22-20-18(24-19)13(3)10-25(20)14(4)11-26-6/h8-10,12,14H,11H2,1-7H3/t14-/m1/s1. The molecule has 0 bridgehead atoms. The number of hydrogen-bond donors (Lipinski definition) is 0. The van der Waals surface area contributed by atoms with Gasteiger partial charge in [0.15, 0.2) is 5.65 Å². The summed E-state index contributed by atoms with van der Waals surface area (Å²) in [7, 11) is 3.36. The van der Waals surface area contributed by atoms with E-state index in [4.69, 9.17) is 19.4 Å². The first kappa shape index (κ1) is 19.3. The van der Waals surface area contributed by atoms with Crippen molar-refractivity contribution in [3.63, 3.8) is 0 Å². The molecular formula is C21H28N4O2. The van der Waals surface area contributed by atoms with Gasteiger partial charge in [0.1, 0.15) is 5.52 Å². The number of fused-ring (bicyclic) bond motifs is 1. The molecule has 3 aromatic heterocycles. The van der Waals surface area contributed by atoms with Crippen molar-refractivity contribution < 1.29 is 9.47 Å². The first-order chi connectivity index (χ1) is 12.9. The minimum absolute atomic E-state index is 0.187. The lowest BCUT2D eigenvalue weighted by molar-refractivity contribution is 0.163. The Kier molecular flexibility index (Phi) is 5.46. The van der Waals surface area contributed by atoms with Crippen molar-refractivity contribution in [1.29, 1.82) is 0 Å². The molecular weight excluding hydrogens is 340 g/mol. The van der Waals surface area contributed by atoms with Crippen LogP contribution in [0.25, 0.3) is 22.4 Å². The molecule has 0 aliphatic rings. The molecule has 0 N–H and O–H groups in total. The van der Waals surface area contributed by atoms with Gasteiger partial charge in [0.25, 0.3) is 0 Å². The number of nitrogens with zero attached hydrogens (tertiary/aromatic N) is 4. The molecule has 0 aromatic carbocycles. The topological polar surface area (TPSA) is 62.1 Å². The van der Waals surface area contributed by atoms with Crippen LogP contribution in [0.2, 0.25) is 0 Å². The van der Waals surface area contributed by atoms with E-state index in [1.54, 1.807) is 14.2 Å². The van der Waals surface area contributed by atoms with Gasteiger partial charge in [-0.3, -0.25) is 0 Å². The fourth-order valence-electron chi connectivity index (χ4n) is 3.31. The summed E-state index contributed by atoms with van der Waals surface area (Å²) >= 11 is 0. The SMILES string of the molecule is COC[C@@H](C)n1cc(C)c2nc(-c3ccc(C(C)C)nc3OC)c(C)nc21. The molecule has 0 saturated heterocycles. The minimum atomic E-state index is 0.187. The van der Waals surface area contributed by atoms with E-state index in [0.29, 0.717) is 18.4 Å². The van der Waals surface area contributed by atoms with Crippen LogP contribution in [0, 0.1) is 13.8 Å². The largest absolute Gasteiger partial charge is 0.480 e. The normalized spacial score (nSPS) is 12.7. The van der Waals surface area contributed by atoms with Gasteiger partial charge < -0.3 is 14.0 Å². The van der Waals surface area contributed by atoms with Crippen LogP contribution in [-0.4, -0.2) is 40.3 Å². The van der Waals surface area contributed by atoms with E-state index >= 15 is 0 Å². The summed E-state index contributed by atoms with van der Waals surface area (Å²) < 4.78 is 13.0. The van der Waals surface area contributed by atoms with Gasteiger partial charge in [-0.15, -0.1) is 0 Å². The van der Waals surface area contributed by atoms with Gasteiger partial charge in [-0.1, -0.05) is 13.8 Å². The predicted molar refractivity (Wildman–Crippen MR) is 107 cm³/mol. The first-order valence-corrected chi connectivity index (χ1v) is 9.27. The smallest absolute Gasteiger partial charge is 0.222 e. The fourth-order valence-corrected chi connectivity index (χ4v) is 3.31. The Morgan fingerprint density at radius 3 is 2.41 bits per heavy atom. The quantitative estimate of drug-likeness (QED) is 0.643. The van der Waals surface area contributed by atoms with Crippen molar-refractivity contribution in [2.24, 2.45) is 0 Å². The average Bonchev–Trinajstić information content (AvgIpc) is 2.96. The van der Waals surface area contributed by atoms with Crippen LogP contribution in [0.1, 0.15) is 49.7 Å². The highest BCUT2D eigenvalue weighted by Crippen LogP contribution is 2.33. The molecule has 3 heterocycles. The number of pyridine rings is 1. The van der Waals surface area contributed by atoms with E-state index in [1.807, 2.05) is 19.1 Å². The van der Waals surface area contributed by atoms with Crippen LogP contribution in [0.15, 0.2) is 18.3 Å². The highest BCUT2D eigenvalue weighted by atomic mass is 16.5. The van der Waals surface area contributed by atoms with E-state index < -0.39 is 0 Å². The molecule has 0 spiro atoms. The Balaban J connectivity index is 2.17. The number of aryl methyl sites for hydroxylation is 2. The van der Waals surface area contributed by atoms with Gasteiger partial charge in [0.2, 0.25) is 5.88 Å². The number of hydrogen-bond acceptors (Lipinski definition) is 5. The molecule has 1 atom stereocenters. The van der Waals surface area contributed by atoms with E-state index in [-0.39, 0.29) is 6.04 Å². The second-order valence-electron chi connectivity index (χ2n) is 7.30.